The van der Waals surface area contributed by atoms with Crippen LogP contribution in [-0.2, 0) is 4.74 Å². The quantitative estimate of drug-likeness (QED) is 0.579. The molecule has 1 nitrogen and oxygen atoms in total. The maximum Gasteiger partial charge on any atom is 0.151 e. The Balaban J connectivity index is 1.83. The normalized spacial score (nSPS) is 93.0. The van der Waals surface area contributed by atoms with E-state index < -0.39 is 0 Å². The zero-order valence-electron chi connectivity index (χ0n) is 7.49. The molecule has 0 aromatic heterocycles. The van der Waals surface area contributed by atoms with Crippen LogP contribution in [0.15, 0.2) is 0 Å². The van der Waals surface area contributed by atoms with E-state index in [0.29, 0.717) is 23.7 Å². The van der Waals surface area contributed by atoms with Crippen LogP contribution < -0.4 is 0 Å². The molecule has 7 rings (SSSR count). The highest BCUT2D eigenvalue weighted by Gasteiger charge is 2.97. The third-order valence-electron chi connectivity index (χ3n) is 6.63. The summed E-state index contributed by atoms with van der Waals surface area (Å²) in [5, 5.41) is -0.623. The lowest BCUT2D eigenvalue weighted by molar-refractivity contribution is 0.0237. The predicted molar refractivity (Wildman–Crippen MR) is 50.8 cm³/mol. The molecule has 3 heteroatoms. The summed E-state index contributed by atoms with van der Waals surface area (Å²) >= 11 is 13.4. The fourth-order valence-corrected chi connectivity index (χ4v) is 8.35. The summed E-state index contributed by atoms with van der Waals surface area (Å²) in [6.07, 6.45) is 1.42. The fourth-order valence-electron chi connectivity index (χ4n) is 6.89. The first-order chi connectivity index (χ1) is 6.68. The van der Waals surface area contributed by atoms with Crippen molar-refractivity contribution in [2.45, 2.75) is 16.5 Å². The number of alkyl halides is 2. The molecular formula is C11H10Cl2O. The van der Waals surface area contributed by atoms with Crippen LogP contribution in [0, 0.1) is 47.3 Å². The molecule has 2 saturated heterocycles. The van der Waals surface area contributed by atoms with E-state index in [1.54, 1.807) is 0 Å². The first-order valence-corrected chi connectivity index (χ1v) is 6.51. The standard InChI is InChI=1S/C11H10Cl2O/c12-10-6-2-1-3-5-4(2)8(10)9(5)11(13,14-10)7(3)6/h2-9H,1H2/t2-,3-,4+,5+,6+,7+,8-,9+,10-,11-/m0/s1. The highest BCUT2D eigenvalue weighted by Crippen LogP contribution is 2.94. The van der Waals surface area contributed by atoms with E-state index in [0.717, 1.165) is 23.7 Å². The van der Waals surface area contributed by atoms with Crippen molar-refractivity contribution < 1.29 is 4.74 Å². The van der Waals surface area contributed by atoms with Gasteiger partial charge in [0.2, 0.25) is 0 Å². The molecule has 7 fully saturated rings. The van der Waals surface area contributed by atoms with E-state index in [1.165, 1.54) is 6.42 Å². The van der Waals surface area contributed by atoms with Gasteiger partial charge >= 0.3 is 0 Å². The van der Waals surface area contributed by atoms with E-state index in [4.69, 9.17) is 27.9 Å². The van der Waals surface area contributed by atoms with Crippen LogP contribution in [0.3, 0.4) is 0 Å². The summed E-state index contributed by atoms with van der Waals surface area (Å²) in [5.74, 6) is 6.09. The summed E-state index contributed by atoms with van der Waals surface area (Å²) in [4.78, 5) is 0. The molecule has 0 aromatic rings. The molecule has 0 N–H and O–H groups in total. The SMILES string of the molecule is Cl[C@@]12O[C@@]3(Cl)[C@@H]4[C@H]5C[C@@H]([C@@H]6[C@@H]5[C@H]3[C@@H]61)[C@H]42. The van der Waals surface area contributed by atoms with Crippen molar-refractivity contribution in [1.82, 2.24) is 0 Å². The molecule has 5 aliphatic carbocycles. The molecule has 0 amide bonds. The topological polar surface area (TPSA) is 9.23 Å². The number of rotatable bonds is 0. The average Bonchev–Trinajstić information content (AvgIpc) is 2.60. The Kier molecular flexibility index (Phi) is 0.715. The second-order valence-electron chi connectivity index (χ2n) is 6.32. The second kappa shape index (κ2) is 1.43. The number of hydrogen-bond donors (Lipinski definition) is 0. The summed E-state index contributed by atoms with van der Waals surface area (Å²) in [6.45, 7) is 0. The van der Waals surface area contributed by atoms with E-state index in [-0.39, 0.29) is 10.1 Å². The lowest BCUT2D eigenvalue weighted by atomic mass is 9.60. The van der Waals surface area contributed by atoms with Crippen LogP contribution in [0.4, 0.5) is 0 Å². The van der Waals surface area contributed by atoms with Gasteiger partial charge in [-0.05, 0) is 30.1 Å². The lowest BCUT2D eigenvalue weighted by Gasteiger charge is -2.45. The first-order valence-electron chi connectivity index (χ1n) is 5.76. The minimum absolute atomic E-state index is 0.311. The average molecular weight is 229 g/mol. The minimum atomic E-state index is -0.311. The van der Waals surface area contributed by atoms with E-state index >= 15 is 0 Å². The van der Waals surface area contributed by atoms with Crippen molar-refractivity contribution in [2.24, 2.45) is 47.3 Å². The fraction of sp³-hybridized carbons (Fsp3) is 1.00. The minimum Gasteiger partial charge on any atom is -0.337 e. The van der Waals surface area contributed by atoms with Gasteiger partial charge in [-0.15, -0.1) is 0 Å². The van der Waals surface area contributed by atoms with Crippen LogP contribution in [0.5, 0.6) is 0 Å². The van der Waals surface area contributed by atoms with Gasteiger partial charge in [0.25, 0.3) is 0 Å². The van der Waals surface area contributed by atoms with Gasteiger partial charge < -0.3 is 4.74 Å². The van der Waals surface area contributed by atoms with Crippen LogP contribution in [0.25, 0.3) is 0 Å². The third kappa shape index (κ3) is 0.336. The van der Waals surface area contributed by atoms with Gasteiger partial charge in [0, 0.05) is 23.7 Å². The Morgan fingerprint density at radius 2 is 1.36 bits per heavy atom. The molecule has 7 aliphatic rings. The highest BCUT2D eigenvalue weighted by atomic mass is 35.5. The Morgan fingerprint density at radius 1 is 0.857 bits per heavy atom. The van der Waals surface area contributed by atoms with Crippen molar-refractivity contribution in [3.8, 4) is 0 Å². The Labute approximate surface area is 92.1 Å². The second-order valence-corrected chi connectivity index (χ2v) is 7.50. The van der Waals surface area contributed by atoms with Crippen molar-refractivity contribution in [1.29, 1.82) is 0 Å². The molecule has 2 aliphatic heterocycles. The Morgan fingerprint density at radius 3 is 1.86 bits per heavy atom. The van der Waals surface area contributed by atoms with Crippen LogP contribution in [0.1, 0.15) is 6.42 Å². The Bertz CT molecular complexity index is 372. The van der Waals surface area contributed by atoms with E-state index in [2.05, 4.69) is 0 Å². The number of ether oxygens (including phenoxy) is 1. The molecule has 0 aromatic carbocycles. The molecule has 0 unspecified atom stereocenters. The van der Waals surface area contributed by atoms with E-state index in [9.17, 15) is 0 Å². The van der Waals surface area contributed by atoms with Gasteiger partial charge in [0.05, 0.1) is 0 Å². The zero-order valence-corrected chi connectivity index (χ0v) is 9.00. The van der Waals surface area contributed by atoms with Gasteiger partial charge in [-0.3, -0.25) is 0 Å². The lowest BCUT2D eigenvalue weighted by Crippen LogP contribution is -2.48. The van der Waals surface area contributed by atoms with Crippen LogP contribution in [-0.4, -0.2) is 10.1 Å². The molecule has 14 heavy (non-hydrogen) atoms. The van der Waals surface area contributed by atoms with Gasteiger partial charge in [0.1, 0.15) is 0 Å². The molecule has 10 atom stereocenters. The van der Waals surface area contributed by atoms with Crippen molar-refractivity contribution in [2.75, 3.05) is 0 Å². The molecule has 0 radical (unpaired) electrons. The van der Waals surface area contributed by atoms with Gasteiger partial charge in [0.15, 0.2) is 10.1 Å². The molecule has 5 saturated carbocycles. The van der Waals surface area contributed by atoms with Gasteiger partial charge in [-0.25, -0.2) is 0 Å². The summed E-state index contributed by atoms with van der Waals surface area (Å²) in [6, 6.07) is 0. The highest BCUT2D eigenvalue weighted by molar-refractivity contribution is 6.29. The summed E-state index contributed by atoms with van der Waals surface area (Å²) in [7, 11) is 0. The van der Waals surface area contributed by atoms with Crippen molar-refractivity contribution >= 4 is 23.2 Å². The zero-order chi connectivity index (χ0) is 9.03. The maximum absolute atomic E-state index is 6.71. The largest absolute Gasteiger partial charge is 0.337 e. The number of halogens is 2. The van der Waals surface area contributed by atoms with Crippen molar-refractivity contribution in [3.05, 3.63) is 0 Å². The molecule has 4 bridgehead atoms. The van der Waals surface area contributed by atoms with Crippen molar-refractivity contribution in [3.63, 3.8) is 0 Å². The smallest absolute Gasteiger partial charge is 0.151 e. The molecule has 0 spiro atoms. The van der Waals surface area contributed by atoms with Gasteiger partial charge in [-0.1, -0.05) is 23.2 Å². The maximum atomic E-state index is 6.71. The third-order valence-corrected chi connectivity index (χ3v) is 7.80. The molecular weight excluding hydrogens is 219 g/mol. The van der Waals surface area contributed by atoms with Gasteiger partial charge in [-0.2, -0.15) is 0 Å². The van der Waals surface area contributed by atoms with Crippen LogP contribution >= 0.6 is 23.2 Å². The number of hydrogen-bond acceptors (Lipinski definition) is 1. The summed E-state index contributed by atoms with van der Waals surface area (Å²) in [5.41, 5.74) is 0. The summed E-state index contributed by atoms with van der Waals surface area (Å²) < 4.78 is 6.07. The molecule has 74 valence electrons. The van der Waals surface area contributed by atoms with E-state index in [1.807, 2.05) is 0 Å². The van der Waals surface area contributed by atoms with Crippen LogP contribution in [0.2, 0.25) is 0 Å². The predicted octanol–water partition coefficient (Wildman–Crippen LogP) is 2.27. The Hall–Kier alpha value is 0.540. The molecule has 2 heterocycles. The first kappa shape index (κ1) is 6.98. The monoisotopic (exact) mass is 228 g/mol.